The van der Waals surface area contributed by atoms with Gasteiger partial charge in [-0.05, 0) is 57.4 Å². The number of carbonyl (C=O) groups excluding carboxylic acids is 2. The Balaban J connectivity index is 1.36. The first kappa shape index (κ1) is 23.3. The van der Waals surface area contributed by atoms with Crippen LogP contribution in [0, 0.1) is 0 Å². The van der Waals surface area contributed by atoms with Gasteiger partial charge in [-0.3, -0.25) is 9.48 Å². The lowest BCUT2D eigenvalue weighted by atomic mass is 10.1. The highest BCUT2D eigenvalue weighted by Crippen LogP contribution is 2.24. The van der Waals surface area contributed by atoms with Crippen LogP contribution >= 0.6 is 15.9 Å². The minimum atomic E-state index is -0.401. The van der Waals surface area contributed by atoms with Gasteiger partial charge < -0.3 is 14.8 Å². The van der Waals surface area contributed by atoms with E-state index in [1.54, 1.807) is 41.3 Å². The molecular formula is C26H22BrN3O4. The lowest BCUT2D eigenvalue weighted by Gasteiger charge is -2.09. The van der Waals surface area contributed by atoms with E-state index in [1.165, 1.54) is 7.11 Å². The van der Waals surface area contributed by atoms with Crippen LogP contribution in [0.25, 0.3) is 0 Å². The molecule has 0 unspecified atom stereocenters. The molecule has 0 radical (unpaired) electrons. The Kier molecular flexibility index (Phi) is 7.39. The molecule has 0 bridgehead atoms. The first-order valence-corrected chi connectivity index (χ1v) is 11.3. The Hall–Kier alpha value is -3.91. The van der Waals surface area contributed by atoms with Crippen molar-refractivity contribution in [1.29, 1.82) is 0 Å². The van der Waals surface area contributed by atoms with Crippen molar-refractivity contribution in [2.75, 3.05) is 12.4 Å². The number of hydrogen-bond acceptors (Lipinski definition) is 5. The van der Waals surface area contributed by atoms with E-state index in [1.807, 2.05) is 48.5 Å². The van der Waals surface area contributed by atoms with E-state index in [-0.39, 0.29) is 5.91 Å². The highest BCUT2D eigenvalue weighted by atomic mass is 79.9. The molecule has 4 aromatic rings. The minimum absolute atomic E-state index is 0.243. The summed E-state index contributed by atoms with van der Waals surface area (Å²) in [5, 5.41) is 7.13. The Morgan fingerprint density at radius 2 is 1.74 bits per heavy atom. The van der Waals surface area contributed by atoms with E-state index in [0.717, 1.165) is 21.3 Å². The monoisotopic (exact) mass is 519 g/mol. The number of methoxy groups -OCH3 is 1. The lowest BCUT2D eigenvalue weighted by Crippen LogP contribution is -2.12. The van der Waals surface area contributed by atoms with E-state index in [9.17, 15) is 9.59 Å². The highest BCUT2D eigenvalue weighted by Gasteiger charge is 2.13. The number of carbonyl (C=O) groups is 2. The number of aromatic nitrogens is 2. The van der Waals surface area contributed by atoms with Gasteiger partial charge in [0.1, 0.15) is 12.4 Å². The molecule has 1 N–H and O–H groups in total. The molecule has 172 valence electrons. The van der Waals surface area contributed by atoms with Crippen molar-refractivity contribution in [2.45, 2.75) is 13.2 Å². The number of anilines is 1. The maximum Gasteiger partial charge on any atom is 0.338 e. The second-order valence-corrected chi connectivity index (χ2v) is 8.30. The Morgan fingerprint density at radius 3 is 2.50 bits per heavy atom. The lowest BCUT2D eigenvalue weighted by molar-refractivity contribution is 0.0599. The largest absolute Gasteiger partial charge is 0.488 e. The average Bonchev–Trinajstić information content (AvgIpc) is 3.30. The van der Waals surface area contributed by atoms with Gasteiger partial charge in [0.2, 0.25) is 0 Å². The smallest absolute Gasteiger partial charge is 0.338 e. The second kappa shape index (κ2) is 10.8. The van der Waals surface area contributed by atoms with E-state index in [2.05, 4.69) is 26.3 Å². The van der Waals surface area contributed by atoms with Gasteiger partial charge in [-0.2, -0.15) is 5.10 Å². The normalized spacial score (nSPS) is 10.5. The molecule has 3 aromatic carbocycles. The molecule has 0 saturated heterocycles. The summed E-state index contributed by atoms with van der Waals surface area (Å²) in [6.07, 6.45) is 3.28. The number of rotatable bonds is 8. The summed E-state index contributed by atoms with van der Waals surface area (Å²) in [5.41, 5.74) is 3.28. The number of hydrogen-bond donors (Lipinski definition) is 1. The van der Waals surface area contributed by atoms with Gasteiger partial charge in [-0.25, -0.2) is 4.79 Å². The number of halogens is 1. The number of nitrogens with zero attached hydrogens (tertiary/aromatic N) is 2. The zero-order valence-electron chi connectivity index (χ0n) is 18.4. The van der Waals surface area contributed by atoms with Crippen molar-refractivity contribution >= 4 is 33.5 Å². The molecule has 34 heavy (non-hydrogen) atoms. The van der Waals surface area contributed by atoms with Crippen LogP contribution in [0.15, 0.2) is 89.7 Å². The predicted molar refractivity (Wildman–Crippen MR) is 132 cm³/mol. The number of ether oxygens (including phenoxy) is 2. The van der Waals surface area contributed by atoms with Crippen LogP contribution in [-0.4, -0.2) is 28.8 Å². The molecular weight excluding hydrogens is 498 g/mol. The molecule has 1 aromatic heterocycles. The molecule has 4 rings (SSSR count). The van der Waals surface area contributed by atoms with Crippen LogP contribution in [0.1, 0.15) is 31.8 Å². The van der Waals surface area contributed by atoms with Crippen LogP contribution in [0.4, 0.5) is 5.69 Å². The summed E-state index contributed by atoms with van der Waals surface area (Å²) < 4.78 is 13.2. The summed E-state index contributed by atoms with van der Waals surface area (Å²) in [6, 6.07) is 22.1. The number of esters is 1. The fourth-order valence-corrected chi connectivity index (χ4v) is 3.73. The summed E-state index contributed by atoms with van der Waals surface area (Å²) >= 11 is 3.46. The average molecular weight is 520 g/mol. The molecule has 0 saturated carbocycles. The van der Waals surface area contributed by atoms with Gasteiger partial charge in [0, 0.05) is 11.8 Å². The summed E-state index contributed by atoms with van der Waals surface area (Å²) in [4.78, 5) is 24.6. The fourth-order valence-electron chi connectivity index (χ4n) is 3.33. The fraction of sp³-hybridized carbons (Fsp3) is 0.115. The van der Waals surface area contributed by atoms with Gasteiger partial charge in [0.05, 0.1) is 35.6 Å². The van der Waals surface area contributed by atoms with Crippen molar-refractivity contribution in [3.8, 4) is 5.75 Å². The van der Waals surface area contributed by atoms with Crippen molar-refractivity contribution in [3.05, 3.63) is 112 Å². The number of benzene rings is 3. The highest BCUT2D eigenvalue weighted by molar-refractivity contribution is 9.10. The molecule has 0 aliphatic heterocycles. The Labute approximate surface area is 205 Å². The molecule has 0 fully saturated rings. The third-order valence-corrected chi connectivity index (χ3v) is 5.75. The number of para-hydroxylation sites is 1. The zero-order valence-corrected chi connectivity index (χ0v) is 20.0. The quantitative estimate of drug-likeness (QED) is 0.319. The van der Waals surface area contributed by atoms with E-state index < -0.39 is 5.97 Å². The molecule has 0 aliphatic carbocycles. The van der Waals surface area contributed by atoms with Gasteiger partial charge in [0.15, 0.2) is 0 Å². The van der Waals surface area contributed by atoms with Crippen molar-refractivity contribution in [3.63, 3.8) is 0 Å². The third kappa shape index (κ3) is 5.71. The van der Waals surface area contributed by atoms with Gasteiger partial charge in [-0.1, -0.05) is 42.5 Å². The van der Waals surface area contributed by atoms with Crippen LogP contribution in [0.2, 0.25) is 0 Å². The van der Waals surface area contributed by atoms with Crippen LogP contribution in [-0.2, 0) is 17.9 Å². The molecule has 1 amide bonds. The third-order valence-electron chi connectivity index (χ3n) is 5.09. The molecule has 1 heterocycles. The molecule has 8 heteroatoms. The van der Waals surface area contributed by atoms with Crippen LogP contribution < -0.4 is 10.1 Å². The minimum Gasteiger partial charge on any atom is -0.488 e. The van der Waals surface area contributed by atoms with E-state index >= 15 is 0 Å². The van der Waals surface area contributed by atoms with Crippen molar-refractivity contribution in [1.82, 2.24) is 9.78 Å². The standard InChI is InChI=1S/C26H22BrN3O4/c1-33-26(32)22-7-3-2-6-20(22)15-30-16-21(14-28-30)29-25(31)19-12-10-18(11-13-19)17-34-24-9-5-4-8-23(24)27/h2-14,16H,15,17H2,1H3,(H,29,31). The van der Waals surface area contributed by atoms with E-state index in [4.69, 9.17) is 9.47 Å². The topological polar surface area (TPSA) is 82.5 Å². The van der Waals surface area contributed by atoms with Gasteiger partial charge in [-0.15, -0.1) is 0 Å². The Morgan fingerprint density at radius 1 is 1.00 bits per heavy atom. The molecule has 0 atom stereocenters. The predicted octanol–water partition coefficient (Wildman–Crippen LogP) is 5.31. The van der Waals surface area contributed by atoms with Crippen molar-refractivity contribution < 1.29 is 19.1 Å². The maximum absolute atomic E-state index is 12.7. The molecule has 7 nitrogen and oxygen atoms in total. The van der Waals surface area contributed by atoms with Gasteiger partial charge in [0.25, 0.3) is 5.91 Å². The number of amides is 1. The SMILES string of the molecule is COC(=O)c1ccccc1Cn1cc(NC(=O)c2ccc(COc3ccccc3Br)cc2)cn1. The summed E-state index contributed by atoms with van der Waals surface area (Å²) in [7, 11) is 1.35. The first-order chi connectivity index (χ1) is 16.5. The first-order valence-electron chi connectivity index (χ1n) is 10.5. The number of nitrogens with one attached hydrogen (secondary N) is 1. The van der Waals surface area contributed by atoms with Crippen LogP contribution in [0.5, 0.6) is 5.75 Å². The van der Waals surface area contributed by atoms with Crippen molar-refractivity contribution in [2.24, 2.45) is 0 Å². The van der Waals surface area contributed by atoms with E-state index in [0.29, 0.717) is 30.0 Å². The zero-order chi connectivity index (χ0) is 23.9. The van der Waals surface area contributed by atoms with Gasteiger partial charge >= 0.3 is 5.97 Å². The second-order valence-electron chi connectivity index (χ2n) is 7.45. The molecule has 0 aliphatic rings. The van der Waals surface area contributed by atoms with Crippen LogP contribution in [0.3, 0.4) is 0 Å². The Bertz CT molecular complexity index is 1300. The summed E-state index contributed by atoms with van der Waals surface area (Å²) in [6.45, 7) is 0.762. The molecule has 0 spiro atoms. The summed E-state index contributed by atoms with van der Waals surface area (Å²) in [5.74, 6) is 0.116. The maximum atomic E-state index is 12.7.